The van der Waals surface area contributed by atoms with E-state index >= 15 is 0 Å². The van der Waals surface area contributed by atoms with Crippen LogP contribution in [0.25, 0.3) is 0 Å². The molecule has 0 amide bonds. The van der Waals surface area contributed by atoms with Gasteiger partial charge in [0.15, 0.2) is 0 Å². The van der Waals surface area contributed by atoms with Gasteiger partial charge in [0.05, 0.1) is 18.7 Å². The Hall–Kier alpha value is -1.78. The van der Waals surface area contributed by atoms with E-state index in [2.05, 4.69) is 0 Å². The van der Waals surface area contributed by atoms with Gasteiger partial charge in [-0.25, -0.2) is 4.39 Å². The summed E-state index contributed by atoms with van der Waals surface area (Å²) < 4.78 is 24.0. The number of aliphatic hydroxyl groups is 1. The van der Waals surface area contributed by atoms with Gasteiger partial charge in [-0.3, -0.25) is 0 Å². The van der Waals surface area contributed by atoms with E-state index < -0.39 is 5.82 Å². The number of hydrogen-bond acceptors (Lipinski definition) is 3. The number of hydrogen-bond donors (Lipinski definition) is 1. The minimum Gasteiger partial charge on any atom is -0.497 e. The van der Waals surface area contributed by atoms with Crippen molar-refractivity contribution in [2.45, 2.75) is 13.2 Å². The molecule has 5 heteroatoms. The van der Waals surface area contributed by atoms with Gasteiger partial charge in [-0.2, -0.15) is 0 Å². The summed E-state index contributed by atoms with van der Waals surface area (Å²) >= 11 is 5.86. The standard InChI is InChI=1S/C15H14ClFO3/c1-19-12-5-6-14(11(7-12)8-18)20-9-10-3-2-4-13(17)15(10)16/h2-7,18H,8-9H2,1H3. The molecular weight excluding hydrogens is 283 g/mol. The minimum absolute atomic E-state index is 0.0477. The van der Waals surface area contributed by atoms with Crippen molar-refractivity contribution < 1.29 is 19.0 Å². The predicted octanol–water partition coefficient (Wildman–Crippen LogP) is 3.56. The van der Waals surface area contributed by atoms with E-state index in [1.165, 1.54) is 6.07 Å². The maximum absolute atomic E-state index is 13.3. The van der Waals surface area contributed by atoms with E-state index in [-0.39, 0.29) is 18.2 Å². The first-order valence-electron chi connectivity index (χ1n) is 5.99. The highest BCUT2D eigenvalue weighted by atomic mass is 35.5. The molecule has 0 atom stereocenters. The summed E-state index contributed by atoms with van der Waals surface area (Å²) in [6.07, 6.45) is 0. The van der Waals surface area contributed by atoms with Crippen LogP contribution in [0.15, 0.2) is 36.4 Å². The maximum atomic E-state index is 13.3. The lowest BCUT2D eigenvalue weighted by Gasteiger charge is -2.12. The van der Waals surface area contributed by atoms with Gasteiger partial charge in [0.1, 0.15) is 23.9 Å². The molecule has 0 saturated heterocycles. The topological polar surface area (TPSA) is 38.7 Å². The van der Waals surface area contributed by atoms with E-state index in [0.717, 1.165) is 0 Å². The summed E-state index contributed by atoms with van der Waals surface area (Å²) in [5.74, 6) is 0.656. The van der Waals surface area contributed by atoms with Crippen LogP contribution in [0.2, 0.25) is 5.02 Å². The van der Waals surface area contributed by atoms with Crippen molar-refractivity contribution in [1.82, 2.24) is 0 Å². The highest BCUT2D eigenvalue weighted by molar-refractivity contribution is 6.31. The van der Waals surface area contributed by atoms with E-state index in [4.69, 9.17) is 21.1 Å². The molecule has 0 saturated carbocycles. The molecule has 0 heterocycles. The van der Waals surface area contributed by atoms with Crippen LogP contribution in [-0.2, 0) is 13.2 Å². The molecule has 0 aliphatic carbocycles. The molecule has 0 unspecified atom stereocenters. The zero-order valence-electron chi connectivity index (χ0n) is 10.9. The normalized spacial score (nSPS) is 10.4. The average Bonchev–Trinajstić information content (AvgIpc) is 2.48. The Morgan fingerprint density at radius 2 is 2.00 bits per heavy atom. The Morgan fingerprint density at radius 3 is 2.70 bits per heavy atom. The largest absolute Gasteiger partial charge is 0.497 e. The second kappa shape index (κ2) is 6.59. The van der Waals surface area contributed by atoms with Gasteiger partial charge in [0.25, 0.3) is 0 Å². The van der Waals surface area contributed by atoms with Crippen molar-refractivity contribution in [3.63, 3.8) is 0 Å². The fourth-order valence-corrected chi connectivity index (χ4v) is 1.94. The van der Waals surface area contributed by atoms with Crippen molar-refractivity contribution in [3.05, 3.63) is 58.4 Å². The van der Waals surface area contributed by atoms with Crippen LogP contribution >= 0.6 is 11.6 Å². The molecule has 0 radical (unpaired) electrons. The van der Waals surface area contributed by atoms with Gasteiger partial charge in [-0.15, -0.1) is 0 Å². The number of halogens is 2. The maximum Gasteiger partial charge on any atom is 0.142 e. The SMILES string of the molecule is COc1ccc(OCc2cccc(F)c2Cl)c(CO)c1. The molecule has 2 aromatic rings. The molecule has 20 heavy (non-hydrogen) atoms. The number of methoxy groups -OCH3 is 1. The molecule has 2 rings (SSSR count). The van der Waals surface area contributed by atoms with E-state index in [1.807, 2.05) is 0 Å². The van der Waals surface area contributed by atoms with Crippen molar-refractivity contribution in [3.8, 4) is 11.5 Å². The zero-order chi connectivity index (χ0) is 14.5. The van der Waals surface area contributed by atoms with Crippen LogP contribution in [0.3, 0.4) is 0 Å². The summed E-state index contributed by atoms with van der Waals surface area (Å²) in [6, 6.07) is 9.65. The van der Waals surface area contributed by atoms with Crippen LogP contribution in [0.1, 0.15) is 11.1 Å². The number of rotatable bonds is 5. The van der Waals surface area contributed by atoms with Gasteiger partial charge in [-0.05, 0) is 24.3 Å². The first-order chi connectivity index (χ1) is 9.65. The molecule has 0 fully saturated rings. The Balaban J connectivity index is 2.16. The fraction of sp³-hybridized carbons (Fsp3) is 0.200. The van der Waals surface area contributed by atoms with E-state index in [9.17, 15) is 9.50 Å². The molecule has 0 spiro atoms. The minimum atomic E-state index is -0.482. The molecule has 0 bridgehead atoms. The summed E-state index contributed by atoms with van der Waals surface area (Å²) in [5, 5.41) is 9.36. The van der Waals surface area contributed by atoms with Crippen LogP contribution in [0.4, 0.5) is 4.39 Å². The third-order valence-electron chi connectivity index (χ3n) is 2.85. The Morgan fingerprint density at radius 1 is 1.20 bits per heavy atom. The second-order valence-corrected chi connectivity index (χ2v) is 4.51. The number of benzene rings is 2. The second-order valence-electron chi connectivity index (χ2n) is 4.13. The molecule has 3 nitrogen and oxygen atoms in total. The quantitative estimate of drug-likeness (QED) is 0.917. The Labute approximate surface area is 121 Å². The van der Waals surface area contributed by atoms with Gasteiger partial charge in [0.2, 0.25) is 0 Å². The average molecular weight is 297 g/mol. The lowest BCUT2D eigenvalue weighted by atomic mass is 10.2. The number of ether oxygens (including phenoxy) is 2. The highest BCUT2D eigenvalue weighted by Gasteiger charge is 2.09. The van der Waals surface area contributed by atoms with Crippen molar-refractivity contribution in [1.29, 1.82) is 0 Å². The molecular formula is C15H14ClFO3. The van der Waals surface area contributed by atoms with Crippen LogP contribution in [-0.4, -0.2) is 12.2 Å². The summed E-state index contributed by atoms with van der Waals surface area (Å²) in [7, 11) is 1.55. The van der Waals surface area contributed by atoms with Gasteiger partial charge >= 0.3 is 0 Å². The van der Waals surface area contributed by atoms with Crippen molar-refractivity contribution in [2.75, 3.05) is 7.11 Å². The summed E-state index contributed by atoms with van der Waals surface area (Å²) in [6.45, 7) is -0.0562. The third kappa shape index (κ3) is 3.21. The Kier molecular flexibility index (Phi) is 4.82. The van der Waals surface area contributed by atoms with Gasteiger partial charge in [-0.1, -0.05) is 23.7 Å². The molecule has 0 aliphatic rings. The molecule has 2 aromatic carbocycles. The lowest BCUT2D eigenvalue weighted by molar-refractivity contribution is 0.258. The van der Waals surface area contributed by atoms with Crippen molar-refractivity contribution in [2.24, 2.45) is 0 Å². The lowest BCUT2D eigenvalue weighted by Crippen LogP contribution is -2.00. The third-order valence-corrected chi connectivity index (χ3v) is 3.28. The zero-order valence-corrected chi connectivity index (χ0v) is 11.7. The fourth-order valence-electron chi connectivity index (χ4n) is 1.76. The monoisotopic (exact) mass is 296 g/mol. The van der Waals surface area contributed by atoms with Gasteiger partial charge in [0, 0.05) is 11.1 Å². The summed E-state index contributed by atoms with van der Waals surface area (Å²) in [5.41, 5.74) is 1.14. The first-order valence-corrected chi connectivity index (χ1v) is 6.37. The van der Waals surface area contributed by atoms with Crippen LogP contribution < -0.4 is 9.47 Å². The van der Waals surface area contributed by atoms with E-state index in [0.29, 0.717) is 22.6 Å². The molecule has 0 aromatic heterocycles. The first kappa shape index (κ1) is 14.6. The van der Waals surface area contributed by atoms with Gasteiger partial charge < -0.3 is 14.6 Å². The highest BCUT2D eigenvalue weighted by Crippen LogP contribution is 2.26. The van der Waals surface area contributed by atoms with Crippen molar-refractivity contribution >= 4 is 11.6 Å². The molecule has 1 N–H and O–H groups in total. The summed E-state index contributed by atoms with van der Waals surface area (Å²) in [4.78, 5) is 0. The van der Waals surface area contributed by atoms with E-state index in [1.54, 1.807) is 37.4 Å². The number of aliphatic hydroxyl groups excluding tert-OH is 1. The molecule has 106 valence electrons. The predicted molar refractivity (Wildman–Crippen MR) is 74.7 cm³/mol. The van der Waals surface area contributed by atoms with Crippen LogP contribution in [0, 0.1) is 5.82 Å². The smallest absolute Gasteiger partial charge is 0.142 e. The van der Waals surface area contributed by atoms with Crippen LogP contribution in [0.5, 0.6) is 11.5 Å². The Bertz CT molecular complexity index is 602. The molecule has 0 aliphatic heterocycles.